The first-order chi connectivity index (χ1) is 13.8. The number of nitrogens with zero attached hydrogens (tertiary/aromatic N) is 1. The highest BCUT2D eigenvalue weighted by atomic mass is 16.6. The summed E-state index contributed by atoms with van der Waals surface area (Å²) < 4.78 is 5.82. The van der Waals surface area contributed by atoms with Crippen LogP contribution in [-0.4, -0.2) is 43.3 Å². The zero-order valence-corrected chi connectivity index (χ0v) is 17.5. The molecule has 5 rings (SSSR count). The minimum Gasteiger partial charge on any atom is -0.446 e. The lowest BCUT2D eigenvalue weighted by atomic mass is 9.61. The molecule has 1 saturated heterocycles. The van der Waals surface area contributed by atoms with Crippen LogP contribution < -0.4 is 5.32 Å². The van der Waals surface area contributed by atoms with Crippen molar-refractivity contribution in [3.05, 3.63) is 11.1 Å². The van der Waals surface area contributed by atoms with Gasteiger partial charge in [-0.15, -0.1) is 0 Å². The lowest BCUT2D eigenvalue weighted by Crippen LogP contribution is -2.38. The molecule has 0 aromatic heterocycles. The molecule has 28 heavy (non-hydrogen) atoms. The maximum atomic E-state index is 12.2. The van der Waals surface area contributed by atoms with E-state index < -0.39 is 0 Å². The van der Waals surface area contributed by atoms with Crippen molar-refractivity contribution in [1.82, 2.24) is 10.2 Å². The van der Waals surface area contributed by atoms with E-state index in [9.17, 15) is 4.79 Å². The molecule has 4 heteroatoms. The van der Waals surface area contributed by atoms with Crippen LogP contribution in [0.15, 0.2) is 11.1 Å². The Hall–Kier alpha value is -1.03. The van der Waals surface area contributed by atoms with Crippen LogP contribution in [0.4, 0.5) is 4.79 Å². The number of amides is 1. The summed E-state index contributed by atoms with van der Waals surface area (Å²) in [5.74, 6) is 3.65. The summed E-state index contributed by atoms with van der Waals surface area (Å²) in [6.45, 7) is 4.04. The molecule has 4 nitrogen and oxygen atoms in total. The number of rotatable bonds is 4. The molecule has 0 bridgehead atoms. The second kappa shape index (κ2) is 8.38. The van der Waals surface area contributed by atoms with Gasteiger partial charge in [0.2, 0.25) is 0 Å². The molecular weight excluding hydrogens is 348 g/mol. The van der Waals surface area contributed by atoms with E-state index in [0.29, 0.717) is 12.5 Å². The second-order valence-electron chi connectivity index (χ2n) is 10.1. The minimum atomic E-state index is -0.194. The zero-order chi connectivity index (χ0) is 18.9. The van der Waals surface area contributed by atoms with E-state index >= 15 is 0 Å². The van der Waals surface area contributed by atoms with Gasteiger partial charge in [-0.2, -0.15) is 0 Å². The number of alkyl carbamates (subject to hydrolysis) is 1. The predicted molar refractivity (Wildman–Crippen MR) is 111 cm³/mol. The number of nitrogens with one attached hydrogen (secondary N) is 1. The average molecular weight is 387 g/mol. The van der Waals surface area contributed by atoms with Gasteiger partial charge in [-0.25, -0.2) is 4.79 Å². The van der Waals surface area contributed by atoms with E-state index in [0.717, 1.165) is 37.1 Å². The smallest absolute Gasteiger partial charge is 0.407 e. The van der Waals surface area contributed by atoms with Crippen LogP contribution in [0.3, 0.4) is 0 Å². The number of allylic oxidation sites excluding steroid dienone is 2. The molecule has 3 saturated carbocycles. The molecule has 0 spiro atoms. The molecule has 1 aliphatic heterocycles. The van der Waals surface area contributed by atoms with Crippen LogP contribution in [-0.2, 0) is 4.74 Å². The molecule has 4 aliphatic carbocycles. The van der Waals surface area contributed by atoms with Crippen molar-refractivity contribution >= 4 is 6.09 Å². The number of carbonyl (C=O) groups excluding carboxylic acids is 1. The fraction of sp³-hybridized carbons (Fsp3) is 0.875. The highest BCUT2D eigenvalue weighted by Gasteiger charge is 2.44. The predicted octanol–water partition coefficient (Wildman–Crippen LogP) is 4.89. The van der Waals surface area contributed by atoms with Gasteiger partial charge in [-0.05, 0) is 101 Å². The molecule has 4 fully saturated rings. The number of hydrogen-bond acceptors (Lipinski definition) is 3. The summed E-state index contributed by atoms with van der Waals surface area (Å²) >= 11 is 0. The Morgan fingerprint density at radius 1 is 0.964 bits per heavy atom. The second-order valence-corrected chi connectivity index (χ2v) is 10.1. The van der Waals surface area contributed by atoms with Gasteiger partial charge in [0.25, 0.3) is 0 Å². The summed E-state index contributed by atoms with van der Waals surface area (Å²) in [6, 6.07) is 0. The van der Waals surface area contributed by atoms with Crippen molar-refractivity contribution in [2.45, 2.75) is 83.2 Å². The van der Waals surface area contributed by atoms with Crippen molar-refractivity contribution in [2.75, 3.05) is 26.2 Å². The van der Waals surface area contributed by atoms with Gasteiger partial charge in [0.15, 0.2) is 0 Å². The van der Waals surface area contributed by atoms with Crippen molar-refractivity contribution < 1.29 is 9.53 Å². The van der Waals surface area contributed by atoms with Gasteiger partial charge in [-0.1, -0.05) is 24.0 Å². The third-order valence-corrected chi connectivity index (χ3v) is 8.65. The van der Waals surface area contributed by atoms with E-state index in [-0.39, 0.29) is 12.2 Å². The number of carbonyl (C=O) groups is 1. The largest absolute Gasteiger partial charge is 0.446 e. The highest BCUT2D eigenvalue weighted by Crippen LogP contribution is 2.55. The van der Waals surface area contributed by atoms with Crippen LogP contribution in [0.2, 0.25) is 0 Å². The summed E-state index contributed by atoms with van der Waals surface area (Å²) in [5.41, 5.74) is 3.67. The van der Waals surface area contributed by atoms with Crippen LogP contribution in [0.25, 0.3) is 0 Å². The van der Waals surface area contributed by atoms with Crippen molar-refractivity contribution in [3.63, 3.8) is 0 Å². The van der Waals surface area contributed by atoms with Crippen LogP contribution in [0, 0.1) is 23.7 Å². The standard InChI is InChI=1S/C24H38N2O2/c27-24(25-12-15-26-13-1-2-14-26)28-19-8-11-21-18(16-19)7-10-22-20-5-3-4-17(20)6-9-23(21)22/h17-20,22H,1-16H2,(H,25,27). The summed E-state index contributed by atoms with van der Waals surface area (Å²) in [5, 5.41) is 2.98. The molecule has 0 aromatic carbocycles. The topological polar surface area (TPSA) is 41.6 Å². The summed E-state index contributed by atoms with van der Waals surface area (Å²) in [4.78, 5) is 14.7. The van der Waals surface area contributed by atoms with E-state index in [1.807, 2.05) is 5.57 Å². The van der Waals surface area contributed by atoms with Crippen molar-refractivity contribution in [2.24, 2.45) is 23.7 Å². The molecule has 1 amide bonds. The quantitative estimate of drug-likeness (QED) is 0.699. The average Bonchev–Trinajstić information content (AvgIpc) is 3.39. The summed E-state index contributed by atoms with van der Waals surface area (Å²) in [6.07, 6.45) is 15.8. The molecule has 5 aliphatic rings. The first-order valence-corrected chi connectivity index (χ1v) is 12.2. The Morgan fingerprint density at radius 2 is 1.82 bits per heavy atom. The number of fused-ring (bicyclic) bond motifs is 4. The number of hydrogen-bond donors (Lipinski definition) is 1. The van der Waals surface area contributed by atoms with Gasteiger partial charge in [0, 0.05) is 13.1 Å². The van der Waals surface area contributed by atoms with E-state index in [2.05, 4.69) is 10.2 Å². The van der Waals surface area contributed by atoms with Gasteiger partial charge in [-0.3, -0.25) is 0 Å². The Kier molecular flexibility index (Phi) is 5.67. The van der Waals surface area contributed by atoms with Gasteiger partial charge in [0.1, 0.15) is 6.10 Å². The molecular formula is C24H38N2O2. The maximum Gasteiger partial charge on any atom is 0.407 e. The van der Waals surface area contributed by atoms with Crippen LogP contribution in [0.5, 0.6) is 0 Å². The highest BCUT2D eigenvalue weighted by molar-refractivity contribution is 5.67. The Morgan fingerprint density at radius 3 is 2.71 bits per heavy atom. The lowest BCUT2D eigenvalue weighted by Gasteiger charge is -2.45. The Labute approximate surface area is 170 Å². The minimum absolute atomic E-state index is 0.125. The molecule has 5 atom stereocenters. The normalized spacial score (nSPS) is 37.9. The number of likely N-dealkylation sites (tertiary alicyclic amines) is 1. The number of ether oxygens (including phenoxy) is 1. The lowest BCUT2D eigenvalue weighted by molar-refractivity contribution is 0.0639. The van der Waals surface area contributed by atoms with E-state index in [4.69, 9.17) is 4.74 Å². The molecule has 5 unspecified atom stereocenters. The molecule has 0 radical (unpaired) electrons. The fourth-order valence-corrected chi connectivity index (χ4v) is 7.34. The van der Waals surface area contributed by atoms with Crippen LogP contribution in [0.1, 0.15) is 77.0 Å². The third kappa shape index (κ3) is 3.86. The summed E-state index contributed by atoms with van der Waals surface area (Å²) in [7, 11) is 0. The van der Waals surface area contributed by atoms with Crippen molar-refractivity contribution in [3.8, 4) is 0 Å². The molecule has 1 N–H and O–H groups in total. The molecule has 0 aromatic rings. The molecule has 1 heterocycles. The zero-order valence-electron chi connectivity index (χ0n) is 17.5. The van der Waals surface area contributed by atoms with Crippen molar-refractivity contribution in [1.29, 1.82) is 0 Å². The van der Waals surface area contributed by atoms with E-state index in [1.165, 1.54) is 77.3 Å². The first kappa shape index (κ1) is 19.0. The third-order valence-electron chi connectivity index (χ3n) is 8.65. The first-order valence-electron chi connectivity index (χ1n) is 12.2. The Balaban J connectivity index is 1.12. The maximum absolute atomic E-state index is 12.2. The van der Waals surface area contributed by atoms with Crippen LogP contribution >= 0.6 is 0 Å². The van der Waals surface area contributed by atoms with Gasteiger partial charge in [0.05, 0.1) is 0 Å². The van der Waals surface area contributed by atoms with Gasteiger partial charge >= 0.3 is 6.09 Å². The molecule has 156 valence electrons. The van der Waals surface area contributed by atoms with E-state index in [1.54, 1.807) is 5.57 Å². The Bertz CT molecular complexity index is 610. The van der Waals surface area contributed by atoms with Gasteiger partial charge < -0.3 is 15.0 Å². The SMILES string of the molecule is O=C(NCCN1CCCC1)OC1CCC2=C3CCC4CCCC4C3CCC2C1. The monoisotopic (exact) mass is 386 g/mol. The fourth-order valence-electron chi connectivity index (χ4n) is 7.34.